The van der Waals surface area contributed by atoms with Gasteiger partial charge in [-0.15, -0.1) is 0 Å². The van der Waals surface area contributed by atoms with Crippen LogP contribution >= 0.6 is 0 Å². The van der Waals surface area contributed by atoms with Gasteiger partial charge in [-0.2, -0.15) is 0 Å². The Morgan fingerprint density at radius 3 is 2.42 bits per heavy atom. The Hall–Kier alpha value is -4.91. The van der Waals surface area contributed by atoms with Crippen LogP contribution in [0.3, 0.4) is 0 Å². The lowest BCUT2D eigenvalue weighted by Crippen LogP contribution is -2.37. The fourth-order valence-electron chi connectivity index (χ4n) is 4.79. The van der Waals surface area contributed by atoms with Gasteiger partial charge in [-0.05, 0) is 60.5 Å². The van der Waals surface area contributed by atoms with Crippen LogP contribution in [-0.2, 0) is 17.6 Å². The Kier molecular flexibility index (Phi) is 7.92. The molecule has 0 bridgehead atoms. The number of carbonyl (C=O) groups is 2. The smallest absolute Gasteiger partial charge is 0.326 e. The number of aliphatic carboxylic acids is 1. The van der Waals surface area contributed by atoms with E-state index >= 15 is 0 Å². The van der Waals surface area contributed by atoms with Crippen molar-refractivity contribution in [1.82, 2.24) is 10.3 Å². The SMILES string of the molecule is CC(=CC(=O)c1ccc(F)cc1)NC(Cc1ccc(OCCc2cccc3c2[nH]c2ccccc23)cc1)C(=O)O. The number of para-hydroxylation sites is 2. The van der Waals surface area contributed by atoms with Crippen LogP contribution in [0.1, 0.15) is 28.4 Å². The molecule has 0 radical (unpaired) electrons. The maximum Gasteiger partial charge on any atom is 0.326 e. The van der Waals surface area contributed by atoms with Gasteiger partial charge in [-0.3, -0.25) is 4.79 Å². The summed E-state index contributed by atoms with van der Waals surface area (Å²) in [7, 11) is 0. The normalized spacial score (nSPS) is 12.4. The number of carboxylic acids is 1. The van der Waals surface area contributed by atoms with Crippen molar-refractivity contribution in [1.29, 1.82) is 0 Å². The summed E-state index contributed by atoms with van der Waals surface area (Å²) in [4.78, 5) is 27.8. The van der Waals surface area contributed by atoms with E-state index in [1.54, 1.807) is 6.92 Å². The van der Waals surface area contributed by atoms with E-state index in [1.807, 2.05) is 36.4 Å². The van der Waals surface area contributed by atoms with Gasteiger partial charge in [-0.25, -0.2) is 9.18 Å². The predicted molar refractivity (Wildman–Crippen MR) is 154 cm³/mol. The van der Waals surface area contributed by atoms with Crippen LogP contribution in [0.4, 0.5) is 4.39 Å². The third kappa shape index (κ3) is 6.21. The maximum absolute atomic E-state index is 13.1. The second kappa shape index (κ2) is 11.9. The number of ketones is 1. The fraction of sp³-hybridized carbons (Fsp3) is 0.152. The minimum Gasteiger partial charge on any atom is -0.493 e. The molecule has 1 aromatic heterocycles. The molecule has 40 heavy (non-hydrogen) atoms. The standard InChI is InChI=1S/C33H29FN2O4/c1-21(19-31(37)23-11-13-25(34)14-12-23)35-30(33(38)39)20-22-9-15-26(16-10-22)40-18-17-24-5-4-7-28-27-6-2-3-8-29(27)36-32(24)28/h2-16,19,30,35-36H,17-18,20H2,1H3,(H,38,39). The van der Waals surface area contributed by atoms with E-state index in [0.29, 0.717) is 23.6 Å². The van der Waals surface area contributed by atoms with Gasteiger partial charge in [0.05, 0.1) is 6.61 Å². The Morgan fingerprint density at radius 2 is 1.68 bits per heavy atom. The quantitative estimate of drug-likeness (QED) is 0.133. The number of benzene rings is 4. The zero-order valence-electron chi connectivity index (χ0n) is 22.0. The molecule has 0 fully saturated rings. The molecule has 0 spiro atoms. The van der Waals surface area contributed by atoms with Gasteiger partial charge in [0.25, 0.3) is 0 Å². The molecule has 0 aliphatic rings. The Balaban J connectivity index is 1.17. The number of hydrogen-bond donors (Lipinski definition) is 3. The van der Waals surface area contributed by atoms with Crippen LogP contribution < -0.4 is 10.1 Å². The highest BCUT2D eigenvalue weighted by atomic mass is 19.1. The molecule has 1 atom stereocenters. The van der Waals surface area contributed by atoms with Crippen LogP contribution in [0.15, 0.2) is 103 Å². The van der Waals surface area contributed by atoms with E-state index in [0.717, 1.165) is 23.0 Å². The summed E-state index contributed by atoms with van der Waals surface area (Å²) in [5, 5.41) is 15.0. The van der Waals surface area contributed by atoms with Gasteiger partial charge in [0.1, 0.15) is 17.6 Å². The number of halogens is 1. The van der Waals surface area contributed by atoms with Gasteiger partial charge in [0.2, 0.25) is 0 Å². The molecule has 3 N–H and O–H groups in total. The van der Waals surface area contributed by atoms with Crippen molar-refractivity contribution in [2.45, 2.75) is 25.8 Å². The summed E-state index contributed by atoms with van der Waals surface area (Å²) in [6.45, 7) is 2.13. The van der Waals surface area contributed by atoms with Crippen molar-refractivity contribution in [3.8, 4) is 5.75 Å². The fourth-order valence-corrected chi connectivity index (χ4v) is 4.79. The van der Waals surface area contributed by atoms with Gasteiger partial charge < -0.3 is 20.1 Å². The van der Waals surface area contributed by atoms with E-state index < -0.39 is 17.8 Å². The molecule has 5 rings (SSSR count). The summed E-state index contributed by atoms with van der Waals surface area (Å²) in [5.41, 5.74) is 4.96. The average molecular weight is 537 g/mol. The molecule has 0 saturated heterocycles. The largest absolute Gasteiger partial charge is 0.493 e. The Labute approximate surface area is 231 Å². The first-order chi connectivity index (χ1) is 19.4. The van der Waals surface area contributed by atoms with Crippen molar-refractivity contribution in [2.75, 3.05) is 6.61 Å². The summed E-state index contributed by atoms with van der Waals surface area (Å²) in [6, 6.07) is 26.2. The number of carbonyl (C=O) groups excluding carboxylic acids is 1. The number of H-pyrrole nitrogens is 1. The molecule has 1 heterocycles. The number of nitrogens with one attached hydrogen (secondary N) is 2. The predicted octanol–water partition coefficient (Wildman–Crippen LogP) is 6.45. The van der Waals surface area contributed by atoms with Crippen molar-refractivity contribution < 1.29 is 23.8 Å². The van der Waals surface area contributed by atoms with Crippen molar-refractivity contribution in [3.63, 3.8) is 0 Å². The first-order valence-corrected chi connectivity index (χ1v) is 13.0. The lowest BCUT2D eigenvalue weighted by Gasteiger charge is -2.16. The number of aromatic nitrogens is 1. The minimum atomic E-state index is -1.03. The summed E-state index contributed by atoms with van der Waals surface area (Å²) in [6.07, 6.45) is 2.27. The first-order valence-electron chi connectivity index (χ1n) is 13.0. The molecule has 0 aliphatic heterocycles. The van der Waals surface area contributed by atoms with E-state index in [-0.39, 0.29) is 12.2 Å². The van der Waals surface area contributed by atoms with Crippen LogP contribution in [0.2, 0.25) is 0 Å². The number of aromatic amines is 1. The number of hydrogen-bond acceptors (Lipinski definition) is 4. The highest BCUT2D eigenvalue weighted by molar-refractivity contribution is 6.08. The lowest BCUT2D eigenvalue weighted by molar-refractivity contribution is -0.139. The van der Waals surface area contributed by atoms with Crippen LogP contribution in [-0.4, -0.2) is 34.5 Å². The highest BCUT2D eigenvalue weighted by Gasteiger charge is 2.18. The second-order valence-electron chi connectivity index (χ2n) is 9.69. The van der Waals surface area contributed by atoms with Crippen molar-refractivity contribution in [3.05, 3.63) is 125 Å². The molecule has 4 aromatic carbocycles. The molecule has 0 saturated carbocycles. The number of fused-ring (bicyclic) bond motifs is 3. The Morgan fingerprint density at radius 1 is 0.950 bits per heavy atom. The number of carboxylic acid groups (broad SMARTS) is 1. The lowest BCUT2D eigenvalue weighted by atomic mass is 10.0. The Bertz CT molecular complexity index is 1690. The number of allylic oxidation sites excluding steroid dienone is 2. The molecule has 0 amide bonds. The summed E-state index contributed by atoms with van der Waals surface area (Å²) in [5.74, 6) is -1.10. The zero-order chi connectivity index (χ0) is 28.1. The van der Waals surface area contributed by atoms with Gasteiger partial charge in [-0.1, -0.05) is 48.5 Å². The molecule has 5 aromatic rings. The van der Waals surface area contributed by atoms with E-state index in [1.165, 1.54) is 46.7 Å². The topological polar surface area (TPSA) is 91.4 Å². The summed E-state index contributed by atoms with van der Waals surface area (Å²) < 4.78 is 19.1. The minimum absolute atomic E-state index is 0.216. The van der Waals surface area contributed by atoms with Crippen molar-refractivity contribution in [2.24, 2.45) is 0 Å². The third-order valence-corrected chi connectivity index (χ3v) is 6.81. The first kappa shape index (κ1) is 26.7. The van der Waals surface area contributed by atoms with E-state index in [4.69, 9.17) is 4.74 Å². The van der Waals surface area contributed by atoms with Gasteiger partial charge >= 0.3 is 5.97 Å². The van der Waals surface area contributed by atoms with Gasteiger partial charge in [0.15, 0.2) is 5.78 Å². The molecule has 7 heteroatoms. The number of ether oxygens (including phenoxy) is 1. The molecule has 6 nitrogen and oxygen atoms in total. The zero-order valence-corrected chi connectivity index (χ0v) is 22.0. The second-order valence-corrected chi connectivity index (χ2v) is 9.69. The van der Waals surface area contributed by atoms with Crippen molar-refractivity contribution >= 4 is 33.6 Å². The maximum atomic E-state index is 13.1. The molecule has 0 aliphatic carbocycles. The molecule has 1 unspecified atom stereocenters. The van der Waals surface area contributed by atoms with Crippen LogP contribution in [0.5, 0.6) is 5.75 Å². The molecule has 202 valence electrons. The average Bonchev–Trinajstić information content (AvgIpc) is 3.33. The highest BCUT2D eigenvalue weighted by Crippen LogP contribution is 2.28. The summed E-state index contributed by atoms with van der Waals surface area (Å²) >= 11 is 0. The molecular weight excluding hydrogens is 507 g/mol. The van der Waals surface area contributed by atoms with E-state index in [2.05, 4.69) is 40.6 Å². The monoisotopic (exact) mass is 536 g/mol. The van der Waals surface area contributed by atoms with E-state index in [9.17, 15) is 19.1 Å². The van der Waals surface area contributed by atoms with Crippen LogP contribution in [0.25, 0.3) is 21.8 Å². The number of rotatable bonds is 11. The van der Waals surface area contributed by atoms with Crippen LogP contribution in [0, 0.1) is 5.82 Å². The molecular formula is C33H29FN2O4. The third-order valence-electron chi connectivity index (χ3n) is 6.81. The van der Waals surface area contributed by atoms with Gasteiger partial charge in [0, 0.05) is 52.0 Å².